The van der Waals surface area contributed by atoms with Gasteiger partial charge in [0.1, 0.15) is 11.6 Å². The molecule has 2 aromatic rings. The van der Waals surface area contributed by atoms with Crippen LogP contribution in [-0.2, 0) is 0 Å². The maximum atomic E-state index is 14.1. The van der Waals surface area contributed by atoms with E-state index in [0.717, 1.165) is 12.1 Å². The third kappa shape index (κ3) is 3.81. The van der Waals surface area contributed by atoms with Crippen molar-refractivity contribution in [2.75, 3.05) is 4.90 Å². The molecule has 0 saturated carbocycles. The highest BCUT2D eigenvalue weighted by atomic mass is 19.1. The summed E-state index contributed by atoms with van der Waals surface area (Å²) in [6.07, 6.45) is 7.93. The van der Waals surface area contributed by atoms with E-state index in [9.17, 15) is 18.4 Å². The van der Waals surface area contributed by atoms with Crippen LogP contribution in [0.5, 0.6) is 0 Å². The summed E-state index contributed by atoms with van der Waals surface area (Å²) in [5.41, 5.74) is 0.298. The first kappa shape index (κ1) is 19.0. The zero-order chi connectivity index (χ0) is 20.3. The van der Waals surface area contributed by atoms with E-state index in [0.29, 0.717) is 5.69 Å². The predicted molar refractivity (Wildman–Crippen MR) is 102 cm³/mol. The fourth-order valence-electron chi connectivity index (χ4n) is 2.66. The van der Waals surface area contributed by atoms with E-state index in [4.69, 9.17) is 5.11 Å². The lowest BCUT2D eigenvalue weighted by molar-refractivity contribution is 0.0696. The van der Waals surface area contributed by atoms with Crippen LogP contribution in [-0.4, -0.2) is 16.9 Å². The van der Waals surface area contributed by atoms with Crippen molar-refractivity contribution in [3.63, 3.8) is 0 Å². The minimum absolute atomic E-state index is 0.00640. The van der Waals surface area contributed by atoms with Gasteiger partial charge in [-0.15, -0.1) is 0 Å². The molecule has 1 aliphatic heterocycles. The highest BCUT2D eigenvalue weighted by Gasteiger charge is 2.23. The van der Waals surface area contributed by atoms with Gasteiger partial charge in [-0.1, -0.05) is 24.8 Å². The minimum atomic E-state index is -1.06. The Morgan fingerprint density at radius 2 is 1.61 bits per heavy atom. The van der Waals surface area contributed by atoms with Gasteiger partial charge in [0.25, 0.3) is 0 Å². The molecular formula is C22H15F2NO3. The molecule has 0 fully saturated rings. The standard InChI is InChI=1S/C22H15F2NO3/c1-14-5-2-3-12-25(16-10-8-15(9-11-16)22(27)28)13-17(14)21(26)20-18(23)6-4-7-19(20)24/h2-13H,1H2,(H,27,28)/b5-2-,12-3-,17-13?. The number of aromatic carboxylic acids is 1. The van der Waals surface area contributed by atoms with Crippen LogP contribution >= 0.6 is 0 Å². The topological polar surface area (TPSA) is 57.6 Å². The van der Waals surface area contributed by atoms with Crippen LogP contribution in [0.2, 0.25) is 0 Å². The van der Waals surface area contributed by atoms with Gasteiger partial charge >= 0.3 is 5.97 Å². The van der Waals surface area contributed by atoms with Crippen LogP contribution in [0.25, 0.3) is 0 Å². The molecule has 0 atom stereocenters. The van der Waals surface area contributed by atoms with Gasteiger partial charge in [0.15, 0.2) is 0 Å². The number of carbonyl (C=O) groups excluding carboxylic acids is 1. The fourth-order valence-corrected chi connectivity index (χ4v) is 2.66. The molecular weight excluding hydrogens is 364 g/mol. The normalized spacial score (nSPS) is 16.0. The molecule has 0 spiro atoms. The smallest absolute Gasteiger partial charge is 0.335 e. The number of allylic oxidation sites excluding steroid dienone is 5. The number of hydrogen-bond donors (Lipinski definition) is 1. The van der Waals surface area contributed by atoms with Gasteiger partial charge < -0.3 is 10.0 Å². The molecule has 0 aliphatic carbocycles. The molecule has 1 aliphatic rings. The summed E-state index contributed by atoms with van der Waals surface area (Å²) in [7, 11) is 0. The number of halogens is 2. The van der Waals surface area contributed by atoms with Crippen molar-refractivity contribution >= 4 is 17.4 Å². The number of ketones is 1. The van der Waals surface area contributed by atoms with Gasteiger partial charge in [-0.05, 0) is 48.0 Å². The van der Waals surface area contributed by atoms with Crippen molar-refractivity contribution in [1.82, 2.24) is 0 Å². The lowest BCUT2D eigenvalue weighted by atomic mass is 9.96. The van der Waals surface area contributed by atoms with Crippen LogP contribution in [0.4, 0.5) is 14.5 Å². The van der Waals surface area contributed by atoms with E-state index in [1.54, 1.807) is 41.5 Å². The Morgan fingerprint density at radius 3 is 2.21 bits per heavy atom. The number of anilines is 1. The number of hydrogen-bond acceptors (Lipinski definition) is 3. The Balaban J connectivity index is 2.07. The number of benzene rings is 2. The third-order valence-corrected chi connectivity index (χ3v) is 4.12. The minimum Gasteiger partial charge on any atom is -0.478 e. The summed E-state index contributed by atoms with van der Waals surface area (Å²) in [6, 6.07) is 9.17. The molecule has 1 heterocycles. The molecule has 28 heavy (non-hydrogen) atoms. The van der Waals surface area contributed by atoms with Crippen molar-refractivity contribution in [2.45, 2.75) is 0 Å². The largest absolute Gasteiger partial charge is 0.478 e. The molecule has 0 radical (unpaired) electrons. The van der Waals surface area contributed by atoms with Gasteiger partial charge in [0, 0.05) is 23.7 Å². The SMILES string of the molecule is C=C1/C=C\C=C/N(c2ccc(C(=O)O)cc2)C=C1C(=O)c1c(F)cccc1F. The first-order valence-electron chi connectivity index (χ1n) is 8.25. The maximum absolute atomic E-state index is 14.1. The number of carbonyl (C=O) groups is 2. The van der Waals surface area contributed by atoms with E-state index in [-0.39, 0.29) is 16.7 Å². The zero-order valence-electron chi connectivity index (χ0n) is 14.6. The molecule has 3 rings (SSSR count). The molecule has 1 N–H and O–H groups in total. The molecule has 0 amide bonds. The summed E-state index contributed by atoms with van der Waals surface area (Å²) >= 11 is 0. The van der Waals surface area contributed by atoms with E-state index in [1.165, 1.54) is 24.4 Å². The molecule has 0 bridgehead atoms. The van der Waals surface area contributed by atoms with Gasteiger partial charge in [-0.2, -0.15) is 0 Å². The number of rotatable bonds is 4. The number of carboxylic acids is 1. The summed E-state index contributed by atoms with van der Waals surface area (Å²) < 4.78 is 28.2. The van der Waals surface area contributed by atoms with Crippen LogP contribution in [0.1, 0.15) is 20.7 Å². The van der Waals surface area contributed by atoms with Gasteiger partial charge in [-0.25, -0.2) is 13.6 Å². The molecule has 0 unspecified atom stereocenters. The molecule has 0 saturated heterocycles. The van der Waals surface area contributed by atoms with Gasteiger partial charge in [-0.3, -0.25) is 4.79 Å². The first-order valence-corrected chi connectivity index (χ1v) is 8.25. The second-order valence-electron chi connectivity index (χ2n) is 5.95. The summed E-state index contributed by atoms with van der Waals surface area (Å²) in [5, 5.41) is 9.02. The van der Waals surface area contributed by atoms with Crippen molar-refractivity contribution in [2.24, 2.45) is 0 Å². The Bertz CT molecular complexity index is 1030. The third-order valence-electron chi connectivity index (χ3n) is 4.12. The molecule has 0 aromatic heterocycles. The van der Waals surface area contributed by atoms with Crippen molar-refractivity contribution in [3.05, 3.63) is 114 Å². The summed E-state index contributed by atoms with van der Waals surface area (Å²) in [6.45, 7) is 3.81. The van der Waals surface area contributed by atoms with E-state index in [1.807, 2.05) is 0 Å². The average molecular weight is 379 g/mol. The van der Waals surface area contributed by atoms with E-state index < -0.39 is 29.0 Å². The average Bonchev–Trinajstić information content (AvgIpc) is 2.65. The Hall–Kier alpha value is -3.80. The fraction of sp³-hybridized carbons (Fsp3) is 0. The monoisotopic (exact) mass is 379 g/mol. The van der Waals surface area contributed by atoms with Crippen LogP contribution in [0, 0.1) is 11.6 Å². The van der Waals surface area contributed by atoms with Crippen LogP contribution < -0.4 is 4.90 Å². The lowest BCUT2D eigenvalue weighted by Gasteiger charge is -2.20. The second-order valence-corrected chi connectivity index (χ2v) is 5.95. The Labute approximate surface area is 160 Å². The summed E-state index contributed by atoms with van der Waals surface area (Å²) in [4.78, 5) is 25.4. The maximum Gasteiger partial charge on any atom is 0.335 e. The van der Waals surface area contributed by atoms with Crippen molar-refractivity contribution in [3.8, 4) is 0 Å². The highest BCUT2D eigenvalue weighted by Crippen LogP contribution is 2.25. The van der Waals surface area contributed by atoms with Crippen LogP contribution in [0.15, 0.2) is 90.8 Å². The van der Waals surface area contributed by atoms with Crippen molar-refractivity contribution in [1.29, 1.82) is 0 Å². The van der Waals surface area contributed by atoms with E-state index >= 15 is 0 Å². The zero-order valence-corrected chi connectivity index (χ0v) is 14.6. The molecule has 2 aromatic carbocycles. The van der Waals surface area contributed by atoms with E-state index in [2.05, 4.69) is 6.58 Å². The molecule has 4 nitrogen and oxygen atoms in total. The van der Waals surface area contributed by atoms with Gasteiger partial charge in [0.05, 0.1) is 11.1 Å². The summed E-state index contributed by atoms with van der Waals surface area (Å²) in [5.74, 6) is -3.82. The predicted octanol–water partition coefficient (Wildman–Crippen LogP) is 4.88. The first-order chi connectivity index (χ1) is 13.4. The number of carboxylic acid groups (broad SMARTS) is 1. The lowest BCUT2D eigenvalue weighted by Crippen LogP contribution is -2.16. The molecule has 6 heteroatoms. The van der Waals surface area contributed by atoms with Crippen LogP contribution in [0.3, 0.4) is 0 Å². The highest BCUT2D eigenvalue weighted by molar-refractivity contribution is 6.12. The number of nitrogens with zero attached hydrogens (tertiary/aromatic N) is 1. The second kappa shape index (κ2) is 7.84. The molecule has 140 valence electrons. The Kier molecular flexibility index (Phi) is 5.31. The van der Waals surface area contributed by atoms with Gasteiger partial charge in [0.2, 0.25) is 5.78 Å². The number of Topliss-reactive ketones (excluding diaryl/α,β-unsaturated/α-hetero) is 1. The quantitative estimate of drug-likeness (QED) is 0.770. The Morgan fingerprint density at radius 1 is 0.964 bits per heavy atom. The van der Waals surface area contributed by atoms with Crippen molar-refractivity contribution < 1.29 is 23.5 Å².